The lowest BCUT2D eigenvalue weighted by molar-refractivity contribution is 0.270. The summed E-state index contributed by atoms with van der Waals surface area (Å²) in [7, 11) is 0. The Hall–Kier alpha value is -1.10. The lowest BCUT2D eigenvalue weighted by Crippen LogP contribution is -2.46. The molecule has 2 aliphatic rings. The van der Waals surface area contributed by atoms with Crippen LogP contribution in [0.25, 0.3) is 0 Å². The molecule has 2 heterocycles. The van der Waals surface area contributed by atoms with Crippen molar-refractivity contribution in [1.82, 2.24) is 15.2 Å². The van der Waals surface area contributed by atoms with Crippen molar-refractivity contribution in [1.29, 1.82) is 0 Å². The molecule has 1 aliphatic heterocycles. The highest BCUT2D eigenvalue weighted by molar-refractivity contribution is 5.30. The molecule has 1 atom stereocenters. The third-order valence-corrected chi connectivity index (χ3v) is 5.03. The Kier molecular flexibility index (Phi) is 3.96. The van der Waals surface area contributed by atoms with Gasteiger partial charge in [0.05, 0.1) is 0 Å². The second-order valence-electron chi connectivity index (χ2n) is 6.98. The standard InChI is InChI=1S/C15H27N5/c1-15(10-16)7-4-8-20(11-15)14-17-13(18-19-14)9-12-5-2-3-6-12/h12H,2-11,16H2,1H3,(H,17,18,19). The number of H-pyrrole nitrogens is 1. The van der Waals surface area contributed by atoms with Gasteiger partial charge in [-0.3, -0.25) is 5.10 Å². The molecule has 0 spiro atoms. The van der Waals surface area contributed by atoms with E-state index < -0.39 is 0 Å². The molecule has 2 fully saturated rings. The highest BCUT2D eigenvalue weighted by atomic mass is 15.4. The van der Waals surface area contributed by atoms with E-state index in [0.717, 1.165) is 43.7 Å². The zero-order chi connectivity index (χ0) is 14.0. The number of nitrogens with zero attached hydrogens (tertiary/aromatic N) is 3. The van der Waals surface area contributed by atoms with Crippen LogP contribution in [0.15, 0.2) is 0 Å². The largest absolute Gasteiger partial charge is 0.339 e. The third kappa shape index (κ3) is 2.97. The first kappa shape index (κ1) is 13.9. The van der Waals surface area contributed by atoms with Crippen molar-refractivity contribution in [2.75, 3.05) is 24.5 Å². The van der Waals surface area contributed by atoms with Crippen molar-refractivity contribution in [2.24, 2.45) is 17.1 Å². The average molecular weight is 277 g/mol. The molecule has 1 aromatic rings. The van der Waals surface area contributed by atoms with Crippen LogP contribution in [0, 0.1) is 11.3 Å². The molecule has 1 unspecified atom stereocenters. The average Bonchev–Trinajstić information content (AvgIpc) is 3.11. The van der Waals surface area contributed by atoms with Crippen LogP contribution in [0.3, 0.4) is 0 Å². The number of aromatic nitrogens is 3. The van der Waals surface area contributed by atoms with Crippen molar-refractivity contribution in [3.8, 4) is 0 Å². The second-order valence-corrected chi connectivity index (χ2v) is 6.98. The number of piperidine rings is 1. The van der Waals surface area contributed by atoms with Crippen LogP contribution >= 0.6 is 0 Å². The van der Waals surface area contributed by atoms with Crippen molar-refractivity contribution in [3.63, 3.8) is 0 Å². The lowest BCUT2D eigenvalue weighted by atomic mass is 9.82. The number of aromatic amines is 1. The first-order valence-electron chi connectivity index (χ1n) is 8.05. The molecular weight excluding hydrogens is 250 g/mol. The maximum Gasteiger partial charge on any atom is 0.244 e. The summed E-state index contributed by atoms with van der Waals surface area (Å²) >= 11 is 0. The minimum absolute atomic E-state index is 0.213. The van der Waals surface area contributed by atoms with E-state index in [1.807, 2.05) is 0 Å². The summed E-state index contributed by atoms with van der Waals surface area (Å²) < 4.78 is 0. The van der Waals surface area contributed by atoms with Gasteiger partial charge in [0.2, 0.25) is 5.95 Å². The highest BCUT2D eigenvalue weighted by Crippen LogP contribution is 2.31. The van der Waals surface area contributed by atoms with Crippen LogP contribution in [-0.4, -0.2) is 34.8 Å². The van der Waals surface area contributed by atoms with E-state index in [4.69, 9.17) is 10.7 Å². The highest BCUT2D eigenvalue weighted by Gasteiger charge is 2.31. The van der Waals surface area contributed by atoms with Gasteiger partial charge in [-0.05, 0) is 30.7 Å². The van der Waals surface area contributed by atoms with E-state index >= 15 is 0 Å². The van der Waals surface area contributed by atoms with E-state index in [-0.39, 0.29) is 5.41 Å². The van der Waals surface area contributed by atoms with Gasteiger partial charge in [0.25, 0.3) is 0 Å². The molecule has 1 aliphatic carbocycles. The topological polar surface area (TPSA) is 70.8 Å². The van der Waals surface area contributed by atoms with Crippen LogP contribution in [0.2, 0.25) is 0 Å². The minimum atomic E-state index is 0.213. The molecule has 0 radical (unpaired) electrons. The van der Waals surface area contributed by atoms with Gasteiger partial charge >= 0.3 is 0 Å². The van der Waals surface area contributed by atoms with Crippen LogP contribution in [0.5, 0.6) is 0 Å². The molecule has 112 valence electrons. The Bertz CT molecular complexity index is 437. The van der Waals surface area contributed by atoms with Crippen LogP contribution in [-0.2, 0) is 6.42 Å². The first-order chi connectivity index (χ1) is 9.68. The van der Waals surface area contributed by atoms with Crippen molar-refractivity contribution >= 4 is 5.95 Å². The van der Waals surface area contributed by atoms with E-state index in [9.17, 15) is 0 Å². The number of nitrogens with one attached hydrogen (secondary N) is 1. The molecule has 3 rings (SSSR count). The Balaban J connectivity index is 1.63. The fraction of sp³-hybridized carbons (Fsp3) is 0.867. The van der Waals surface area contributed by atoms with E-state index in [1.165, 1.54) is 38.5 Å². The van der Waals surface area contributed by atoms with Gasteiger partial charge < -0.3 is 10.6 Å². The molecule has 3 N–H and O–H groups in total. The zero-order valence-corrected chi connectivity index (χ0v) is 12.6. The van der Waals surface area contributed by atoms with Crippen LogP contribution in [0.4, 0.5) is 5.95 Å². The first-order valence-corrected chi connectivity index (χ1v) is 8.05. The smallest absolute Gasteiger partial charge is 0.244 e. The summed E-state index contributed by atoms with van der Waals surface area (Å²) in [6.07, 6.45) is 8.92. The number of rotatable bonds is 4. The van der Waals surface area contributed by atoms with Crippen molar-refractivity contribution in [2.45, 2.75) is 51.9 Å². The monoisotopic (exact) mass is 277 g/mol. The summed E-state index contributed by atoms with van der Waals surface area (Å²) in [5, 5.41) is 7.57. The minimum Gasteiger partial charge on any atom is -0.339 e. The molecule has 0 aromatic carbocycles. The van der Waals surface area contributed by atoms with Crippen molar-refractivity contribution < 1.29 is 0 Å². The maximum absolute atomic E-state index is 5.92. The lowest BCUT2D eigenvalue weighted by Gasteiger charge is -2.39. The number of nitrogens with two attached hydrogens (primary N) is 1. The summed E-state index contributed by atoms with van der Waals surface area (Å²) in [4.78, 5) is 7.01. The van der Waals surface area contributed by atoms with Gasteiger partial charge in [0, 0.05) is 19.5 Å². The van der Waals surface area contributed by atoms with Gasteiger partial charge in [-0.15, -0.1) is 5.10 Å². The van der Waals surface area contributed by atoms with Crippen LogP contribution < -0.4 is 10.6 Å². The van der Waals surface area contributed by atoms with Gasteiger partial charge in [0.1, 0.15) is 5.82 Å². The molecule has 0 amide bonds. The van der Waals surface area contributed by atoms with Crippen molar-refractivity contribution in [3.05, 3.63) is 5.82 Å². The molecule has 5 heteroatoms. The molecule has 1 saturated carbocycles. The molecule has 0 bridgehead atoms. The summed E-state index contributed by atoms with van der Waals surface area (Å²) in [6, 6.07) is 0. The quantitative estimate of drug-likeness (QED) is 0.884. The molecular formula is C15H27N5. The Morgan fingerprint density at radius 1 is 1.35 bits per heavy atom. The van der Waals surface area contributed by atoms with E-state index in [2.05, 4.69) is 22.0 Å². The second kappa shape index (κ2) is 5.72. The summed E-state index contributed by atoms with van der Waals surface area (Å²) in [6.45, 7) is 5.04. The van der Waals surface area contributed by atoms with E-state index in [1.54, 1.807) is 0 Å². The van der Waals surface area contributed by atoms with Gasteiger partial charge in [0.15, 0.2) is 0 Å². The van der Waals surface area contributed by atoms with Gasteiger partial charge in [-0.1, -0.05) is 32.6 Å². The fourth-order valence-electron chi connectivity index (χ4n) is 3.66. The fourth-order valence-corrected chi connectivity index (χ4v) is 3.66. The van der Waals surface area contributed by atoms with Gasteiger partial charge in [-0.25, -0.2) is 0 Å². The third-order valence-electron chi connectivity index (χ3n) is 5.03. The van der Waals surface area contributed by atoms with Gasteiger partial charge in [-0.2, -0.15) is 4.98 Å². The maximum atomic E-state index is 5.92. The zero-order valence-electron chi connectivity index (χ0n) is 12.6. The Morgan fingerprint density at radius 2 is 2.15 bits per heavy atom. The Morgan fingerprint density at radius 3 is 2.90 bits per heavy atom. The molecule has 20 heavy (non-hydrogen) atoms. The Labute approximate surface area is 121 Å². The van der Waals surface area contributed by atoms with E-state index in [0.29, 0.717) is 0 Å². The van der Waals surface area contributed by atoms with Crippen LogP contribution in [0.1, 0.15) is 51.3 Å². The molecule has 5 nitrogen and oxygen atoms in total. The normalized spacial score (nSPS) is 28.2. The number of anilines is 1. The molecule has 1 saturated heterocycles. The predicted molar refractivity (Wildman–Crippen MR) is 80.7 cm³/mol. The summed E-state index contributed by atoms with van der Waals surface area (Å²) in [5.74, 6) is 2.75. The predicted octanol–water partition coefficient (Wildman–Crippen LogP) is 2.10. The number of hydrogen-bond donors (Lipinski definition) is 2. The summed E-state index contributed by atoms with van der Waals surface area (Å²) in [5.41, 5.74) is 6.13. The number of hydrogen-bond acceptors (Lipinski definition) is 4. The SMILES string of the molecule is CC1(CN)CCCN(c2n[nH]c(CC3CCCC3)n2)C1. The molecule has 1 aromatic heterocycles.